The molecular formula is C23H18F2N2O. The van der Waals surface area contributed by atoms with E-state index in [1.165, 1.54) is 24.3 Å². The monoisotopic (exact) mass is 376 g/mol. The second kappa shape index (κ2) is 8.92. The predicted molar refractivity (Wildman–Crippen MR) is 104 cm³/mol. The molecule has 0 aromatic heterocycles. The smallest absolute Gasteiger partial charge is 0.251 e. The van der Waals surface area contributed by atoms with Gasteiger partial charge in [0.25, 0.3) is 5.91 Å². The average molecular weight is 376 g/mol. The van der Waals surface area contributed by atoms with E-state index in [2.05, 4.69) is 10.2 Å². The maximum absolute atomic E-state index is 13.3. The number of carbonyl (C=O) groups excluding carboxylic acids is 1. The van der Waals surface area contributed by atoms with Crippen molar-refractivity contribution in [1.82, 2.24) is 5.32 Å². The van der Waals surface area contributed by atoms with Gasteiger partial charge in [-0.2, -0.15) is 0 Å². The van der Waals surface area contributed by atoms with Crippen LogP contribution in [0.2, 0.25) is 0 Å². The largest absolute Gasteiger partial charge is 0.352 e. The second-order valence-electron chi connectivity index (χ2n) is 6.36. The van der Waals surface area contributed by atoms with E-state index in [-0.39, 0.29) is 23.5 Å². The summed E-state index contributed by atoms with van der Waals surface area (Å²) in [7, 11) is 0. The van der Waals surface area contributed by atoms with Crippen LogP contribution in [0.25, 0.3) is 4.85 Å². The van der Waals surface area contributed by atoms with Crippen LogP contribution < -0.4 is 5.32 Å². The Morgan fingerprint density at radius 2 is 1.36 bits per heavy atom. The van der Waals surface area contributed by atoms with Crippen LogP contribution in [0.15, 0.2) is 72.8 Å². The summed E-state index contributed by atoms with van der Waals surface area (Å²) >= 11 is 0. The maximum atomic E-state index is 13.3. The van der Waals surface area contributed by atoms with Crippen molar-refractivity contribution in [1.29, 1.82) is 0 Å². The number of amides is 1. The van der Waals surface area contributed by atoms with Gasteiger partial charge in [-0.25, -0.2) is 13.6 Å². The van der Waals surface area contributed by atoms with Gasteiger partial charge in [0.2, 0.25) is 0 Å². The maximum Gasteiger partial charge on any atom is 0.251 e. The summed E-state index contributed by atoms with van der Waals surface area (Å²) in [5.74, 6) is -0.977. The van der Waals surface area contributed by atoms with Gasteiger partial charge in [-0.3, -0.25) is 4.79 Å². The lowest BCUT2D eigenvalue weighted by molar-refractivity contribution is 0.0953. The molecule has 0 fully saturated rings. The molecule has 3 rings (SSSR count). The molecule has 0 atom stereocenters. The fraction of sp³-hybridized carbons (Fsp3) is 0.130. The number of halogens is 2. The minimum Gasteiger partial charge on any atom is -0.352 e. The zero-order chi connectivity index (χ0) is 19.9. The summed E-state index contributed by atoms with van der Waals surface area (Å²) in [4.78, 5) is 15.6. The van der Waals surface area contributed by atoms with Gasteiger partial charge < -0.3 is 5.32 Å². The van der Waals surface area contributed by atoms with Crippen LogP contribution in [-0.4, -0.2) is 12.5 Å². The zero-order valence-corrected chi connectivity index (χ0v) is 15.0. The molecular weight excluding hydrogens is 358 g/mol. The molecule has 0 bridgehead atoms. The Morgan fingerprint density at radius 3 is 1.82 bits per heavy atom. The summed E-state index contributed by atoms with van der Waals surface area (Å²) in [5, 5.41) is 2.86. The highest BCUT2D eigenvalue weighted by molar-refractivity contribution is 5.94. The van der Waals surface area contributed by atoms with Crippen molar-refractivity contribution >= 4 is 11.6 Å². The first kappa shape index (κ1) is 19.2. The molecule has 5 heteroatoms. The van der Waals surface area contributed by atoms with Crippen molar-refractivity contribution in [3.8, 4) is 0 Å². The Kier molecular flexibility index (Phi) is 6.13. The van der Waals surface area contributed by atoms with Gasteiger partial charge in [0.15, 0.2) is 5.69 Å². The molecule has 0 radical (unpaired) electrons. The van der Waals surface area contributed by atoms with Crippen LogP contribution in [0.1, 0.15) is 33.8 Å². The first-order chi connectivity index (χ1) is 13.6. The van der Waals surface area contributed by atoms with E-state index in [1.807, 2.05) is 0 Å². The highest BCUT2D eigenvalue weighted by atomic mass is 19.1. The number of rotatable bonds is 6. The first-order valence-corrected chi connectivity index (χ1v) is 8.83. The van der Waals surface area contributed by atoms with Gasteiger partial charge in [-0.05, 0) is 41.8 Å². The van der Waals surface area contributed by atoms with E-state index in [0.29, 0.717) is 24.2 Å². The zero-order valence-electron chi connectivity index (χ0n) is 15.0. The third-order valence-electron chi connectivity index (χ3n) is 4.52. The lowest BCUT2D eigenvalue weighted by Crippen LogP contribution is -2.25. The number of nitrogens with one attached hydrogen (secondary N) is 1. The third kappa shape index (κ3) is 4.80. The molecule has 0 heterocycles. The highest BCUT2D eigenvalue weighted by Gasteiger charge is 2.15. The van der Waals surface area contributed by atoms with Crippen molar-refractivity contribution in [2.75, 3.05) is 6.54 Å². The van der Waals surface area contributed by atoms with Crippen LogP contribution in [0.5, 0.6) is 0 Å². The molecule has 0 saturated heterocycles. The molecule has 0 spiro atoms. The van der Waals surface area contributed by atoms with Crippen molar-refractivity contribution in [2.24, 2.45) is 0 Å². The van der Waals surface area contributed by atoms with Crippen LogP contribution in [-0.2, 0) is 0 Å². The topological polar surface area (TPSA) is 33.5 Å². The molecule has 28 heavy (non-hydrogen) atoms. The SMILES string of the molecule is [C-]#[N+]c1ccc(C(=O)NCCC(c2ccc(F)cc2)c2ccc(F)cc2)cc1. The number of benzene rings is 3. The lowest BCUT2D eigenvalue weighted by Gasteiger charge is -2.18. The molecule has 3 nitrogen and oxygen atoms in total. The summed E-state index contributed by atoms with van der Waals surface area (Å²) in [5.41, 5.74) is 2.74. The molecule has 140 valence electrons. The third-order valence-corrected chi connectivity index (χ3v) is 4.52. The minimum atomic E-state index is -0.322. The standard InChI is InChI=1S/C23H18F2N2O/c1-26-21-12-6-18(7-13-21)23(28)27-15-14-22(16-2-8-19(24)9-3-16)17-4-10-20(25)11-5-17/h2-13,22H,14-15H2,(H,27,28). The Balaban J connectivity index is 1.70. The van der Waals surface area contributed by atoms with Crippen LogP contribution in [0.3, 0.4) is 0 Å². The predicted octanol–water partition coefficient (Wildman–Crippen LogP) is 5.47. The molecule has 1 N–H and O–H groups in total. The van der Waals surface area contributed by atoms with E-state index >= 15 is 0 Å². The normalized spacial score (nSPS) is 10.5. The van der Waals surface area contributed by atoms with Gasteiger partial charge >= 0.3 is 0 Å². The molecule has 1 amide bonds. The van der Waals surface area contributed by atoms with Crippen molar-refractivity contribution in [3.05, 3.63) is 113 Å². The van der Waals surface area contributed by atoms with Crippen LogP contribution in [0.4, 0.5) is 14.5 Å². The minimum absolute atomic E-state index is 0.106. The molecule has 0 unspecified atom stereocenters. The summed E-state index contributed by atoms with van der Waals surface area (Å²) in [6.45, 7) is 7.34. The van der Waals surface area contributed by atoms with E-state index in [9.17, 15) is 13.6 Å². The molecule has 3 aromatic rings. The van der Waals surface area contributed by atoms with E-state index in [1.54, 1.807) is 48.5 Å². The van der Waals surface area contributed by atoms with Crippen LogP contribution >= 0.6 is 0 Å². The van der Waals surface area contributed by atoms with Crippen molar-refractivity contribution in [3.63, 3.8) is 0 Å². The first-order valence-electron chi connectivity index (χ1n) is 8.83. The summed E-state index contributed by atoms with van der Waals surface area (Å²) in [6.07, 6.45) is 0.573. The Bertz CT molecular complexity index is 930. The Morgan fingerprint density at radius 1 is 0.857 bits per heavy atom. The van der Waals surface area contributed by atoms with Gasteiger partial charge in [0.05, 0.1) is 6.57 Å². The Hall–Kier alpha value is -3.52. The molecule has 0 aliphatic heterocycles. The summed E-state index contributed by atoms with van der Waals surface area (Å²) in [6, 6.07) is 18.8. The molecule has 0 aliphatic rings. The molecule has 0 saturated carbocycles. The van der Waals surface area contributed by atoms with Gasteiger partial charge in [-0.1, -0.05) is 48.5 Å². The van der Waals surface area contributed by atoms with E-state index in [4.69, 9.17) is 6.57 Å². The fourth-order valence-electron chi connectivity index (χ4n) is 3.04. The molecule has 3 aromatic carbocycles. The lowest BCUT2D eigenvalue weighted by atomic mass is 9.88. The van der Waals surface area contributed by atoms with Crippen LogP contribution in [0, 0.1) is 18.2 Å². The Labute approximate surface area is 162 Å². The fourth-order valence-corrected chi connectivity index (χ4v) is 3.04. The van der Waals surface area contributed by atoms with E-state index < -0.39 is 0 Å². The van der Waals surface area contributed by atoms with Gasteiger partial charge in [-0.15, -0.1) is 0 Å². The number of nitrogens with zero attached hydrogens (tertiary/aromatic N) is 1. The van der Waals surface area contributed by atoms with Gasteiger partial charge in [0.1, 0.15) is 11.6 Å². The average Bonchev–Trinajstić information content (AvgIpc) is 2.73. The second-order valence-corrected chi connectivity index (χ2v) is 6.36. The van der Waals surface area contributed by atoms with Crippen molar-refractivity contribution in [2.45, 2.75) is 12.3 Å². The number of hydrogen-bond acceptors (Lipinski definition) is 1. The quantitative estimate of drug-likeness (QED) is 0.569. The summed E-state index contributed by atoms with van der Waals surface area (Å²) < 4.78 is 26.6. The number of carbonyl (C=O) groups is 1. The van der Waals surface area contributed by atoms with Crippen molar-refractivity contribution < 1.29 is 13.6 Å². The highest BCUT2D eigenvalue weighted by Crippen LogP contribution is 2.28. The van der Waals surface area contributed by atoms with E-state index in [0.717, 1.165) is 11.1 Å². The van der Waals surface area contributed by atoms with Gasteiger partial charge in [0, 0.05) is 18.0 Å². The molecule has 0 aliphatic carbocycles. The number of hydrogen-bond donors (Lipinski definition) is 1.